The minimum atomic E-state index is -0.119. The van der Waals surface area contributed by atoms with Gasteiger partial charge in [-0.1, -0.05) is 11.6 Å². The number of anilines is 1. The van der Waals surface area contributed by atoms with Crippen molar-refractivity contribution in [3.63, 3.8) is 0 Å². The van der Waals surface area contributed by atoms with Crippen molar-refractivity contribution in [1.29, 1.82) is 0 Å². The van der Waals surface area contributed by atoms with Gasteiger partial charge in [0, 0.05) is 19.8 Å². The molecule has 100 valence electrons. The molecule has 0 fully saturated rings. The first-order chi connectivity index (χ1) is 9.08. The van der Waals surface area contributed by atoms with Crippen LogP contribution in [0, 0.1) is 0 Å². The van der Waals surface area contributed by atoms with E-state index in [0.717, 1.165) is 11.4 Å². The number of nitrogens with one attached hydrogen (secondary N) is 1. The molecule has 0 aliphatic rings. The Morgan fingerprint density at radius 3 is 2.79 bits per heavy atom. The van der Waals surface area contributed by atoms with Crippen molar-refractivity contribution >= 4 is 23.2 Å². The fourth-order valence-corrected chi connectivity index (χ4v) is 1.84. The molecule has 0 saturated heterocycles. The highest BCUT2D eigenvalue weighted by Gasteiger charge is 2.13. The second kappa shape index (κ2) is 5.80. The maximum atomic E-state index is 11.9. The Bertz CT molecular complexity index is 565. The molecule has 0 aliphatic carbocycles. The van der Waals surface area contributed by atoms with Gasteiger partial charge >= 0.3 is 0 Å². The van der Waals surface area contributed by atoms with Crippen LogP contribution in [0.25, 0.3) is 0 Å². The number of hydrogen-bond acceptors (Lipinski definition) is 3. The normalized spacial score (nSPS) is 10.3. The number of furan rings is 1. The highest BCUT2D eigenvalue weighted by molar-refractivity contribution is 6.34. The lowest BCUT2D eigenvalue weighted by Gasteiger charge is -2.13. The fourth-order valence-electron chi connectivity index (χ4n) is 1.64. The largest absolute Gasteiger partial charge is 0.467 e. The SMILES string of the molecule is CN(C)C(=O)c1cc(NCc2ccco2)ccc1Cl. The summed E-state index contributed by atoms with van der Waals surface area (Å²) in [6.07, 6.45) is 1.62. The molecular weight excluding hydrogens is 264 g/mol. The first-order valence-corrected chi connectivity index (χ1v) is 6.23. The van der Waals surface area contributed by atoms with Crippen molar-refractivity contribution in [2.75, 3.05) is 19.4 Å². The summed E-state index contributed by atoms with van der Waals surface area (Å²) in [4.78, 5) is 13.4. The van der Waals surface area contributed by atoms with E-state index in [9.17, 15) is 4.79 Å². The Balaban J connectivity index is 2.14. The van der Waals surface area contributed by atoms with Gasteiger partial charge in [-0.3, -0.25) is 4.79 Å². The molecule has 0 atom stereocenters. The lowest BCUT2D eigenvalue weighted by molar-refractivity contribution is 0.0828. The number of halogens is 1. The van der Waals surface area contributed by atoms with E-state index in [-0.39, 0.29) is 5.91 Å². The summed E-state index contributed by atoms with van der Waals surface area (Å²) < 4.78 is 5.23. The van der Waals surface area contributed by atoms with Gasteiger partial charge in [0.2, 0.25) is 0 Å². The summed E-state index contributed by atoms with van der Waals surface area (Å²) in [7, 11) is 3.39. The fraction of sp³-hybridized carbons (Fsp3) is 0.214. The molecule has 1 aromatic carbocycles. The van der Waals surface area contributed by atoms with Crippen LogP contribution in [0.3, 0.4) is 0 Å². The Morgan fingerprint density at radius 2 is 2.16 bits per heavy atom. The molecule has 1 amide bonds. The summed E-state index contributed by atoms with van der Waals surface area (Å²) in [5.41, 5.74) is 1.31. The third-order valence-corrected chi connectivity index (χ3v) is 2.98. The molecule has 0 saturated carbocycles. The quantitative estimate of drug-likeness (QED) is 0.934. The molecule has 0 radical (unpaired) electrons. The van der Waals surface area contributed by atoms with E-state index in [1.165, 1.54) is 4.90 Å². The number of carbonyl (C=O) groups excluding carboxylic acids is 1. The molecule has 2 rings (SSSR count). The van der Waals surface area contributed by atoms with Crippen LogP contribution in [-0.2, 0) is 6.54 Å². The Kier molecular flexibility index (Phi) is 4.12. The van der Waals surface area contributed by atoms with Gasteiger partial charge < -0.3 is 14.6 Å². The topological polar surface area (TPSA) is 45.5 Å². The molecule has 1 N–H and O–H groups in total. The van der Waals surface area contributed by atoms with Crippen LogP contribution < -0.4 is 5.32 Å². The minimum Gasteiger partial charge on any atom is -0.467 e. The smallest absolute Gasteiger partial charge is 0.254 e. The monoisotopic (exact) mass is 278 g/mol. The Labute approximate surface area is 117 Å². The van der Waals surface area contributed by atoms with Gasteiger partial charge in [-0.25, -0.2) is 0 Å². The third-order valence-electron chi connectivity index (χ3n) is 2.65. The predicted octanol–water partition coefficient (Wildman–Crippen LogP) is 3.25. The van der Waals surface area contributed by atoms with E-state index in [1.54, 1.807) is 32.5 Å². The molecule has 1 aromatic heterocycles. The van der Waals surface area contributed by atoms with Crippen LogP contribution >= 0.6 is 11.6 Å². The summed E-state index contributed by atoms with van der Waals surface area (Å²) in [5, 5.41) is 3.63. The van der Waals surface area contributed by atoms with Crippen LogP contribution in [0.5, 0.6) is 0 Å². The zero-order valence-electron chi connectivity index (χ0n) is 10.8. The molecule has 0 spiro atoms. The molecule has 1 heterocycles. The van der Waals surface area contributed by atoms with Gasteiger partial charge in [0.25, 0.3) is 5.91 Å². The molecule has 4 nitrogen and oxygen atoms in total. The van der Waals surface area contributed by atoms with Gasteiger partial charge in [-0.2, -0.15) is 0 Å². The lowest BCUT2D eigenvalue weighted by Crippen LogP contribution is -2.22. The molecule has 0 aliphatic heterocycles. The third kappa shape index (κ3) is 3.29. The van der Waals surface area contributed by atoms with E-state index in [0.29, 0.717) is 17.1 Å². The van der Waals surface area contributed by atoms with Crippen LogP contribution in [0.15, 0.2) is 41.0 Å². The maximum absolute atomic E-state index is 11.9. The van der Waals surface area contributed by atoms with Crippen molar-refractivity contribution in [3.05, 3.63) is 52.9 Å². The number of carbonyl (C=O) groups is 1. The van der Waals surface area contributed by atoms with Crippen LogP contribution in [0.2, 0.25) is 5.02 Å². The van der Waals surface area contributed by atoms with E-state index >= 15 is 0 Å². The average molecular weight is 279 g/mol. The van der Waals surface area contributed by atoms with Crippen LogP contribution in [0.1, 0.15) is 16.1 Å². The maximum Gasteiger partial charge on any atom is 0.254 e. The molecule has 2 aromatic rings. The van der Waals surface area contributed by atoms with E-state index in [4.69, 9.17) is 16.0 Å². The zero-order valence-corrected chi connectivity index (χ0v) is 11.6. The molecule has 5 heteroatoms. The number of amides is 1. The number of hydrogen-bond donors (Lipinski definition) is 1. The summed E-state index contributed by atoms with van der Waals surface area (Å²) in [6.45, 7) is 0.560. The summed E-state index contributed by atoms with van der Waals surface area (Å²) in [5.74, 6) is 0.710. The van der Waals surface area contributed by atoms with E-state index in [1.807, 2.05) is 18.2 Å². The van der Waals surface area contributed by atoms with E-state index < -0.39 is 0 Å². The number of rotatable bonds is 4. The summed E-state index contributed by atoms with van der Waals surface area (Å²) >= 11 is 6.04. The second-order valence-electron chi connectivity index (χ2n) is 4.33. The standard InChI is InChI=1S/C14H15ClN2O2/c1-17(2)14(18)12-8-10(5-6-13(12)15)16-9-11-4-3-7-19-11/h3-8,16H,9H2,1-2H3. The highest BCUT2D eigenvalue weighted by Crippen LogP contribution is 2.22. The highest BCUT2D eigenvalue weighted by atomic mass is 35.5. The zero-order chi connectivity index (χ0) is 13.8. The first kappa shape index (κ1) is 13.5. The minimum absolute atomic E-state index is 0.119. The number of nitrogens with zero attached hydrogens (tertiary/aromatic N) is 1. The van der Waals surface area contributed by atoms with Crippen molar-refractivity contribution in [2.45, 2.75) is 6.54 Å². The van der Waals surface area contributed by atoms with Gasteiger partial charge in [-0.05, 0) is 30.3 Å². The predicted molar refractivity (Wildman–Crippen MR) is 75.5 cm³/mol. The van der Waals surface area contributed by atoms with Gasteiger partial charge in [0.05, 0.1) is 23.4 Å². The van der Waals surface area contributed by atoms with Gasteiger partial charge in [-0.15, -0.1) is 0 Å². The van der Waals surface area contributed by atoms with Crippen molar-refractivity contribution in [2.24, 2.45) is 0 Å². The second-order valence-corrected chi connectivity index (χ2v) is 4.73. The van der Waals surface area contributed by atoms with Crippen LogP contribution in [-0.4, -0.2) is 24.9 Å². The van der Waals surface area contributed by atoms with Crippen LogP contribution in [0.4, 0.5) is 5.69 Å². The van der Waals surface area contributed by atoms with E-state index in [2.05, 4.69) is 5.32 Å². The van der Waals surface area contributed by atoms with Crippen molar-refractivity contribution in [1.82, 2.24) is 4.90 Å². The average Bonchev–Trinajstić information content (AvgIpc) is 2.90. The lowest BCUT2D eigenvalue weighted by atomic mass is 10.1. The van der Waals surface area contributed by atoms with Crippen molar-refractivity contribution < 1.29 is 9.21 Å². The first-order valence-electron chi connectivity index (χ1n) is 5.85. The Hall–Kier alpha value is -1.94. The molecule has 0 bridgehead atoms. The summed E-state index contributed by atoms with van der Waals surface area (Å²) in [6, 6.07) is 9.00. The molecule has 0 unspecified atom stereocenters. The van der Waals surface area contributed by atoms with Crippen molar-refractivity contribution in [3.8, 4) is 0 Å². The molecular formula is C14H15ClN2O2. The van der Waals surface area contributed by atoms with Gasteiger partial charge in [0.1, 0.15) is 5.76 Å². The Morgan fingerprint density at radius 1 is 1.37 bits per heavy atom. The number of benzene rings is 1. The van der Waals surface area contributed by atoms with Gasteiger partial charge in [0.15, 0.2) is 0 Å². The molecule has 19 heavy (non-hydrogen) atoms.